The van der Waals surface area contributed by atoms with E-state index in [-0.39, 0.29) is 29.6 Å². The van der Waals surface area contributed by atoms with Crippen molar-refractivity contribution >= 4 is 28.6 Å². The van der Waals surface area contributed by atoms with Crippen LogP contribution in [-0.4, -0.2) is 47.8 Å². The third kappa shape index (κ3) is 5.60. The summed E-state index contributed by atoms with van der Waals surface area (Å²) in [7, 11) is 1.43. The van der Waals surface area contributed by atoms with Crippen LogP contribution in [0.1, 0.15) is 69.4 Å². The molecule has 0 N–H and O–H groups in total. The van der Waals surface area contributed by atoms with Crippen LogP contribution in [0.25, 0.3) is 10.8 Å². The monoisotopic (exact) mass is 578 g/mol. The van der Waals surface area contributed by atoms with Crippen LogP contribution >= 0.6 is 0 Å². The maximum Gasteiger partial charge on any atom is 0.317 e. The molecule has 2 saturated heterocycles. The number of hydrogen-bond acceptors (Lipinski definition) is 4. The summed E-state index contributed by atoms with van der Waals surface area (Å²) < 4.78 is 5.46. The minimum absolute atomic E-state index is 0.00233. The van der Waals surface area contributed by atoms with E-state index in [1.807, 2.05) is 29.2 Å². The molecule has 0 saturated carbocycles. The summed E-state index contributed by atoms with van der Waals surface area (Å²) in [6, 6.07) is 24.8. The third-order valence-electron chi connectivity index (χ3n) is 9.94. The van der Waals surface area contributed by atoms with E-state index < -0.39 is 11.3 Å². The average molecular weight is 579 g/mol. The molecule has 0 spiro atoms. The number of hydrogen-bond donors (Lipinski definition) is 0. The Morgan fingerprint density at radius 1 is 0.930 bits per heavy atom. The van der Waals surface area contributed by atoms with Gasteiger partial charge in [-0.05, 0) is 65.3 Å². The standard InChI is InChI=1S/C37H42N2O4/c1-36(2)19-16-32-37(25-36,35(42)43-3)23-30(22-33(40)38-20-17-27(18-21-38)26-10-5-4-6-11-26)34(41)39(32)24-29-14-9-13-28-12-7-8-15-31(28)29/h4-16,27,30H,17-25H2,1-3H3/t30-,37-/m1/s1. The quantitative estimate of drug-likeness (QED) is 0.300. The third-order valence-corrected chi connectivity index (χ3v) is 9.94. The van der Waals surface area contributed by atoms with E-state index in [2.05, 4.69) is 68.5 Å². The van der Waals surface area contributed by atoms with Crippen molar-refractivity contribution in [2.24, 2.45) is 16.7 Å². The summed E-state index contributed by atoms with van der Waals surface area (Å²) in [4.78, 5) is 45.6. The lowest BCUT2D eigenvalue weighted by atomic mass is 9.59. The number of carbonyl (C=O) groups is 3. The van der Waals surface area contributed by atoms with Crippen molar-refractivity contribution < 1.29 is 19.1 Å². The van der Waals surface area contributed by atoms with E-state index in [0.717, 1.165) is 41.3 Å². The van der Waals surface area contributed by atoms with Gasteiger partial charge >= 0.3 is 5.97 Å². The van der Waals surface area contributed by atoms with Crippen molar-refractivity contribution in [2.45, 2.75) is 64.8 Å². The fraction of sp³-hybridized carbons (Fsp3) is 0.432. The molecule has 0 unspecified atom stereocenters. The number of piperidine rings is 2. The van der Waals surface area contributed by atoms with Gasteiger partial charge in [0, 0.05) is 31.1 Å². The molecule has 2 amide bonds. The molecule has 1 aliphatic carbocycles. The number of benzene rings is 3. The molecule has 3 aliphatic rings. The van der Waals surface area contributed by atoms with E-state index in [4.69, 9.17) is 4.74 Å². The van der Waals surface area contributed by atoms with Gasteiger partial charge in [-0.2, -0.15) is 0 Å². The van der Waals surface area contributed by atoms with Gasteiger partial charge in [0.15, 0.2) is 0 Å². The lowest BCUT2D eigenvalue weighted by Crippen LogP contribution is -2.55. The first kappa shape index (κ1) is 29.2. The van der Waals surface area contributed by atoms with Crippen LogP contribution in [0.5, 0.6) is 0 Å². The van der Waals surface area contributed by atoms with Gasteiger partial charge in [-0.15, -0.1) is 0 Å². The number of methoxy groups -OCH3 is 1. The molecular weight excluding hydrogens is 536 g/mol. The number of carbonyl (C=O) groups excluding carboxylic acids is 3. The van der Waals surface area contributed by atoms with Crippen LogP contribution in [0.2, 0.25) is 0 Å². The van der Waals surface area contributed by atoms with Crippen LogP contribution in [0.15, 0.2) is 84.6 Å². The van der Waals surface area contributed by atoms with Crippen LogP contribution in [0.3, 0.4) is 0 Å². The highest BCUT2D eigenvalue weighted by Crippen LogP contribution is 2.55. The zero-order valence-corrected chi connectivity index (χ0v) is 25.6. The molecule has 2 heterocycles. The fourth-order valence-electron chi connectivity index (χ4n) is 7.85. The minimum atomic E-state index is -0.972. The topological polar surface area (TPSA) is 66.9 Å². The molecule has 6 rings (SSSR count). The van der Waals surface area contributed by atoms with Crippen LogP contribution in [-0.2, 0) is 25.7 Å². The Morgan fingerprint density at radius 3 is 2.37 bits per heavy atom. The Balaban J connectivity index is 1.29. The average Bonchev–Trinajstić information content (AvgIpc) is 3.02. The number of fused-ring (bicyclic) bond motifs is 2. The van der Waals surface area contributed by atoms with Crippen LogP contribution in [0, 0.1) is 16.7 Å². The largest absolute Gasteiger partial charge is 0.468 e. The van der Waals surface area contributed by atoms with E-state index >= 15 is 0 Å². The Kier molecular flexibility index (Phi) is 7.89. The van der Waals surface area contributed by atoms with Gasteiger partial charge in [-0.25, -0.2) is 0 Å². The summed E-state index contributed by atoms with van der Waals surface area (Å²) in [6.07, 6.45) is 5.64. The van der Waals surface area contributed by atoms with Gasteiger partial charge in [0.1, 0.15) is 5.41 Å². The molecule has 0 radical (unpaired) electrons. The number of allylic oxidation sites excluding steroid dienone is 1. The smallest absolute Gasteiger partial charge is 0.317 e. The van der Waals surface area contributed by atoms with E-state index in [9.17, 15) is 14.4 Å². The molecular formula is C37H42N2O4. The van der Waals surface area contributed by atoms with Gasteiger partial charge in [0.2, 0.25) is 11.8 Å². The van der Waals surface area contributed by atoms with E-state index in [0.29, 0.717) is 38.4 Å². The highest BCUT2D eigenvalue weighted by Gasteiger charge is 2.57. The zero-order chi connectivity index (χ0) is 30.2. The molecule has 2 fully saturated rings. The van der Waals surface area contributed by atoms with Crippen LogP contribution < -0.4 is 0 Å². The highest BCUT2D eigenvalue weighted by molar-refractivity contribution is 5.93. The first-order valence-corrected chi connectivity index (χ1v) is 15.6. The van der Waals surface area contributed by atoms with Crippen LogP contribution in [0.4, 0.5) is 0 Å². The molecule has 0 bridgehead atoms. The second-order valence-electron chi connectivity index (χ2n) is 13.4. The van der Waals surface area contributed by atoms with Gasteiger partial charge in [0.25, 0.3) is 0 Å². The molecule has 6 heteroatoms. The summed E-state index contributed by atoms with van der Waals surface area (Å²) in [5.74, 6) is -0.552. The Hall–Kier alpha value is -3.93. The zero-order valence-electron chi connectivity index (χ0n) is 25.6. The first-order valence-electron chi connectivity index (χ1n) is 15.6. The second kappa shape index (κ2) is 11.6. The maximum atomic E-state index is 14.4. The molecule has 2 atom stereocenters. The van der Waals surface area contributed by atoms with Gasteiger partial charge in [-0.3, -0.25) is 14.4 Å². The molecule has 43 heavy (non-hydrogen) atoms. The predicted octanol–water partition coefficient (Wildman–Crippen LogP) is 6.85. The van der Waals surface area contributed by atoms with Crippen molar-refractivity contribution in [1.82, 2.24) is 9.80 Å². The molecule has 224 valence electrons. The summed E-state index contributed by atoms with van der Waals surface area (Å²) >= 11 is 0. The summed E-state index contributed by atoms with van der Waals surface area (Å²) in [5, 5.41) is 2.19. The Labute approximate surface area is 254 Å². The summed E-state index contributed by atoms with van der Waals surface area (Å²) in [5.41, 5.74) is 1.97. The number of rotatable bonds is 6. The van der Waals surface area contributed by atoms with E-state index in [1.165, 1.54) is 12.7 Å². The van der Waals surface area contributed by atoms with Crippen molar-refractivity contribution in [3.8, 4) is 0 Å². The molecule has 0 aromatic heterocycles. The number of esters is 1. The van der Waals surface area contributed by atoms with Crippen molar-refractivity contribution in [2.75, 3.05) is 20.2 Å². The maximum absolute atomic E-state index is 14.4. The van der Waals surface area contributed by atoms with Gasteiger partial charge < -0.3 is 14.5 Å². The van der Waals surface area contributed by atoms with E-state index in [1.54, 1.807) is 4.90 Å². The first-order chi connectivity index (χ1) is 20.7. The molecule has 3 aromatic carbocycles. The Morgan fingerprint density at radius 2 is 1.63 bits per heavy atom. The Bertz CT molecular complexity index is 1550. The van der Waals surface area contributed by atoms with Gasteiger partial charge in [0.05, 0.1) is 13.7 Å². The second-order valence-corrected chi connectivity index (χ2v) is 13.4. The molecule has 3 aromatic rings. The highest BCUT2D eigenvalue weighted by atomic mass is 16.5. The minimum Gasteiger partial charge on any atom is -0.468 e. The number of ether oxygens (including phenoxy) is 1. The molecule has 6 nitrogen and oxygen atoms in total. The predicted molar refractivity (Wildman–Crippen MR) is 168 cm³/mol. The number of amides is 2. The molecule has 2 aliphatic heterocycles. The SMILES string of the molecule is COC(=O)[C@@]12C[C@@H](CC(=O)N3CCC(c4ccccc4)CC3)C(=O)N(Cc3cccc4ccccc34)C1=CCC(C)(C)C2. The number of nitrogens with zero attached hydrogens (tertiary/aromatic N) is 2. The van der Waals surface area contributed by atoms with Crippen molar-refractivity contribution in [1.29, 1.82) is 0 Å². The van der Waals surface area contributed by atoms with Crippen molar-refractivity contribution in [3.63, 3.8) is 0 Å². The normalized spacial score (nSPS) is 23.9. The van der Waals surface area contributed by atoms with Crippen molar-refractivity contribution in [3.05, 3.63) is 95.7 Å². The fourth-order valence-corrected chi connectivity index (χ4v) is 7.85. The number of likely N-dealkylation sites (tertiary alicyclic amines) is 2. The van der Waals surface area contributed by atoms with Gasteiger partial charge in [-0.1, -0.05) is 92.7 Å². The summed E-state index contributed by atoms with van der Waals surface area (Å²) in [6.45, 7) is 6.03. The lowest BCUT2D eigenvalue weighted by molar-refractivity contribution is -0.163. The lowest BCUT2D eigenvalue weighted by Gasteiger charge is -2.51.